The van der Waals surface area contributed by atoms with E-state index in [1.165, 1.54) is 24.3 Å². The lowest BCUT2D eigenvalue weighted by Gasteiger charge is -2.13. The lowest BCUT2D eigenvalue weighted by molar-refractivity contribution is -0.124. The highest BCUT2D eigenvalue weighted by Gasteiger charge is 2.14. The maximum atomic E-state index is 13.1. The zero-order valence-electron chi connectivity index (χ0n) is 12.2. The average Bonchev–Trinajstić information content (AvgIpc) is 2.48. The number of carbonyl (C=O) groups excluding carboxylic acids is 1. The molecular weight excluding hydrogens is 285 g/mol. The van der Waals surface area contributed by atoms with Crippen molar-refractivity contribution in [2.45, 2.75) is 19.9 Å². The van der Waals surface area contributed by atoms with Gasteiger partial charge in [0.05, 0.1) is 0 Å². The van der Waals surface area contributed by atoms with E-state index in [-0.39, 0.29) is 35.7 Å². The molecule has 0 aliphatic heterocycles. The number of halogens is 1. The summed E-state index contributed by atoms with van der Waals surface area (Å²) < 4.78 is 13.1. The molecule has 0 aliphatic carbocycles. The van der Waals surface area contributed by atoms with Crippen LogP contribution < -0.4 is 5.32 Å². The lowest BCUT2D eigenvalue weighted by Crippen LogP contribution is -2.29. The molecule has 0 fully saturated rings. The molecule has 116 valence electrons. The third-order valence-electron chi connectivity index (χ3n) is 3.39. The molecule has 0 bridgehead atoms. The molecule has 1 atom stereocenters. The van der Waals surface area contributed by atoms with Gasteiger partial charge in [0.2, 0.25) is 5.91 Å². The first-order valence-corrected chi connectivity index (χ1v) is 6.98. The van der Waals surface area contributed by atoms with E-state index in [0.29, 0.717) is 12.0 Å². The minimum atomic E-state index is -0.334. The van der Waals surface area contributed by atoms with E-state index in [0.717, 1.165) is 5.56 Å². The van der Waals surface area contributed by atoms with Crippen LogP contribution in [0.25, 0.3) is 0 Å². The Kier molecular flexibility index (Phi) is 4.99. The van der Waals surface area contributed by atoms with Crippen molar-refractivity contribution >= 4 is 5.91 Å². The van der Waals surface area contributed by atoms with Gasteiger partial charge in [0.25, 0.3) is 0 Å². The van der Waals surface area contributed by atoms with Crippen molar-refractivity contribution in [2.24, 2.45) is 5.92 Å². The summed E-state index contributed by atoms with van der Waals surface area (Å²) in [6.45, 7) is 2.03. The highest BCUT2D eigenvalue weighted by atomic mass is 19.1. The molecule has 2 aromatic carbocycles. The van der Waals surface area contributed by atoms with Crippen LogP contribution in [-0.2, 0) is 17.8 Å². The van der Waals surface area contributed by atoms with Gasteiger partial charge in [0.15, 0.2) is 11.5 Å². The summed E-state index contributed by atoms with van der Waals surface area (Å²) >= 11 is 0. The maximum absolute atomic E-state index is 13.1. The Balaban J connectivity index is 1.90. The minimum Gasteiger partial charge on any atom is -0.504 e. The third kappa shape index (κ3) is 4.22. The van der Waals surface area contributed by atoms with Gasteiger partial charge >= 0.3 is 0 Å². The molecule has 5 heteroatoms. The number of hydrogen-bond donors (Lipinski definition) is 3. The number of aromatic hydroxyl groups is 2. The van der Waals surface area contributed by atoms with Crippen LogP contribution in [-0.4, -0.2) is 16.1 Å². The van der Waals surface area contributed by atoms with Crippen molar-refractivity contribution in [2.75, 3.05) is 0 Å². The largest absolute Gasteiger partial charge is 0.504 e. The Morgan fingerprint density at radius 2 is 1.91 bits per heavy atom. The number of carbonyl (C=O) groups is 1. The second kappa shape index (κ2) is 6.93. The second-order valence-electron chi connectivity index (χ2n) is 5.28. The number of rotatable bonds is 5. The molecule has 0 saturated heterocycles. The van der Waals surface area contributed by atoms with E-state index in [1.54, 1.807) is 25.1 Å². The molecule has 0 saturated carbocycles. The Hall–Kier alpha value is -2.56. The molecule has 0 spiro atoms. The molecule has 0 aliphatic rings. The van der Waals surface area contributed by atoms with Gasteiger partial charge in [-0.1, -0.05) is 25.1 Å². The van der Waals surface area contributed by atoms with Crippen molar-refractivity contribution < 1.29 is 19.4 Å². The molecule has 22 heavy (non-hydrogen) atoms. The number of phenolic OH excluding ortho intramolecular Hbond substituents is 2. The summed E-state index contributed by atoms with van der Waals surface area (Å²) in [5.74, 6) is -1.19. The summed E-state index contributed by atoms with van der Waals surface area (Å²) in [6, 6.07) is 10.6. The number of hydrogen-bond acceptors (Lipinski definition) is 3. The standard InChI is InChI=1S/C17H18FNO3/c1-11(7-12-5-6-15(20)16(21)9-12)17(22)19-10-13-3-2-4-14(18)8-13/h2-6,8-9,11,20-21H,7,10H2,1H3,(H,19,22). The number of phenols is 2. The fourth-order valence-corrected chi connectivity index (χ4v) is 2.15. The first kappa shape index (κ1) is 15.8. The average molecular weight is 303 g/mol. The van der Waals surface area contributed by atoms with Crippen LogP contribution in [0.1, 0.15) is 18.1 Å². The van der Waals surface area contributed by atoms with Crippen LogP contribution in [0.2, 0.25) is 0 Å². The SMILES string of the molecule is CC(Cc1ccc(O)c(O)c1)C(=O)NCc1cccc(F)c1. The summed E-state index contributed by atoms with van der Waals surface area (Å²) in [7, 11) is 0. The lowest BCUT2D eigenvalue weighted by atomic mass is 10.00. The number of benzene rings is 2. The van der Waals surface area contributed by atoms with Crippen molar-refractivity contribution in [1.29, 1.82) is 0 Å². The Bertz CT molecular complexity index is 673. The van der Waals surface area contributed by atoms with E-state index in [4.69, 9.17) is 0 Å². The number of nitrogens with one attached hydrogen (secondary N) is 1. The molecule has 0 radical (unpaired) electrons. The van der Waals surface area contributed by atoms with Crippen LogP contribution in [0.3, 0.4) is 0 Å². The third-order valence-corrected chi connectivity index (χ3v) is 3.39. The molecular formula is C17H18FNO3. The summed E-state index contributed by atoms with van der Waals surface area (Å²) in [5, 5.41) is 21.5. The fraction of sp³-hybridized carbons (Fsp3) is 0.235. The molecule has 0 heterocycles. The van der Waals surface area contributed by atoms with Gasteiger partial charge in [0, 0.05) is 12.5 Å². The minimum absolute atomic E-state index is 0.156. The normalized spacial score (nSPS) is 11.9. The highest BCUT2D eigenvalue weighted by molar-refractivity contribution is 5.78. The van der Waals surface area contributed by atoms with Crippen molar-refractivity contribution in [1.82, 2.24) is 5.32 Å². The van der Waals surface area contributed by atoms with Gasteiger partial charge in [-0.25, -0.2) is 4.39 Å². The maximum Gasteiger partial charge on any atom is 0.223 e. The first-order chi connectivity index (χ1) is 10.5. The molecule has 2 rings (SSSR count). The molecule has 2 aromatic rings. The van der Waals surface area contributed by atoms with Crippen LogP contribution in [0.15, 0.2) is 42.5 Å². The van der Waals surface area contributed by atoms with Gasteiger partial charge in [-0.05, 0) is 41.8 Å². The van der Waals surface area contributed by atoms with Crippen LogP contribution in [0.4, 0.5) is 4.39 Å². The quantitative estimate of drug-likeness (QED) is 0.744. The van der Waals surface area contributed by atoms with Crippen LogP contribution in [0.5, 0.6) is 11.5 Å². The molecule has 3 N–H and O–H groups in total. The van der Waals surface area contributed by atoms with E-state index < -0.39 is 0 Å². The van der Waals surface area contributed by atoms with Gasteiger partial charge in [0.1, 0.15) is 5.82 Å². The molecule has 4 nitrogen and oxygen atoms in total. The summed E-state index contributed by atoms with van der Waals surface area (Å²) in [5.41, 5.74) is 1.45. The van der Waals surface area contributed by atoms with E-state index in [2.05, 4.69) is 5.32 Å². The first-order valence-electron chi connectivity index (χ1n) is 6.98. The second-order valence-corrected chi connectivity index (χ2v) is 5.28. The monoisotopic (exact) mass is 303 g/mol. The van der Waals surface area contributed by atoms with Gasteiger partial charge in [-0.3, -0.25) is 4.79 Å². The van der Waals surface area contributed by atoms with Gasteiger partial charge < -0.3 is 15.5 Å². The summed E-state index contributed by atoms with van der Waals surface area (Å²) in [4.78, 5) is 12.0. The Labute approximate surface area is 128 Å². The van der Waals surface area contributed by atoms with Crippen LogP contribution in [0, 0.1) is 11.7 Å². The topological polar surface area (TPSA) is 69.6 Å². The Morgan fingerprint density at radius 1 is 1.14 bits per heavy atom. The number of amides is 1. The fourth-order valence-electron chi connectivity index (χ4n) is 2.15. The van der Waals surface area contributed by atoms with Crippen molar-refractivity contribution in [3.05, 3.63) is 59.4 Å². The van der Waals surface area contributed by atoms with Gasteiger partial charge in [-0.2, -0.15) is 0 Å². The van der Waals surface area contributed by atoms with Crippen molar-refractivity contribution in [3.63, 3.8) is 0 Å². The molecule has 1 amide bonds. The smallest absolute Gasteiger partial charge is 0.223 e. The van der Waals surface area contributed by atoms with E-state index in [1.807, 2.05) is 0 Å². The summed E-state index contributed by atoms with van der Waals surface area (Å²) in [6.07, 6.45) is 0.433. The zero-order valence-corrected chi connectivity index (χ0v) is 12.2. The predicted molar refractivity (Wildman–Crippen MR) is 80.9 cm³/mol. The van der Waals surface area contributed by atoms with Gasteiger partial charge in [-0.15, -0.1) is 0 Å². The molecule has 1 unspecified atom stereocenters. The zero-order chi connectivity index (χ0) is 16.1. The van der Waals surface area contributed by atoms with Crippen LogP contribution >= 0.6 is 0 Å². The molecule has 0 aromatic heterocycles. The van der Waals surface area contributed by atoms with E-state index in [9.17, 15) is 19.4 Å². The Morgan fingerprint density at radius 3 is 2.59 bits per heavy atom. The highest BCUT2D eigenvalue weighted by Crippen LogP contribution is 2.26. The van der Waals surface area contributed by atoms with Crippen molar-refractivity contribution in [3.8, 4) is 11.5 Å². The predicted octanol–water partition coefficient (Wildman–Crippen LogP) is 2.73. The van der Waals surface area contributed by atoms with E-state index >= 15 is 0 Å².